The van der Waals surface area contributed by atoms with Gasteiger partial charge in [0.1, 0.15) is 11.5 Å². The molecule has 0 saturated heterocycles. The van der Waals surface area contributed by atoms with Crippen LogP contribution in [-0.4, -0.2) is 26.2 Å². The molecule has 8 heteroatoms. The van der Waals surface area contributed by atoms with Crippen LogP contribution in [0.25, 0.3) is 0 Å². The maximum absolute atomic E-state index is 12.9. The molecule has 0 bridgehead atoms. The smallest absolute Gasteiger partial charge is 0.355 e. The lowest BCUT2D eigenvalue weighted by Crippen LogP contribution is -2.40. The van der Waals surface area contributed by atoms with Crippen molar-refractivity contribution in [2.45, 2.75) is 5.92 Å². The normalized spacial score (nSPS) is 16.2. The molecule has 152 valence electrons. The topological polar surface area (TPSA) is 106 Å². The maximum Gasteiger partial charge on any atom is 0.355 e. The highest BCUT2D eigenvalue weighted by Gasteiger charge is 2.42. The summed E-state index contributed by atoms with van der Waals surface area (Å²) < 4.78 is 9.93. The Kier molecular flexibility index (Phi) is 6.09. The van der Waals surface area contributed by atoms with Crippen molar-refractivity contribution in [3.05, 3.63) is 87.8 Å². The number of esters is 2. The van der Waals surface area contributed by atoms with Gasteiger partial charge in [-0.15, -0.1) is 0 Å². The Morgan fingerprint density at radius 2 is 1.63 bits per heavy atom. The van der Waals surface area contributed by atoms with Crippen LogP contribution in [0.4, 0.5) is 5.69 Å². The summed E-state index contributed by atoms with van der Waals surface area (Å²) in [6.07, 6.45) is 0. The molecule has 1 atom stereocenters. The van der Waals surface area contributed by atoms with E-state index in [1.807, 2.05) is 0 Å². The van der Waals surface area contributed by atoms with Gasteiger partial charge in [-0.1, -0.05) is 41.9 Å². The van der Waals surface area contributed by atoms with Crippen LogP contribution in [0.5, 0.6) is 0 Å². The minimum atomic E-state index is -0.936. The van der Waals surface area contributed by atoms with Crippen LogP contribution < -0.4 is 10.6 Å². The van der Waals surface area contributed by atoms with Crippen molar-refractivity contribution < 1.29 is 19.1 Å². The second-order valence-corrected chi connectivity index (χ2v) is 6.75. The number of nitrogens with two attached hydrogens (primary N) is 1. The Labute approximate surface area is 178 Å². The number of hydrogen-bond acceptors (Lipinski definition) is 7. The predicted octanol–water partition coefficient (Wildman–Crippen LogP) is 3.24. The number of allylic oxidation sites excluding steroid dienone is 1. The van der Waals surface area contributed by atoms with Crippen molar-refractivity contribution in [3.8, 4) is 6.07 Å². The van der Waals surface area contributed by atoms with Crippen molar-refractivity contribution in [2.75, 3.05) is 19.1 Å². The second kappa shape index (κ2) is 8.72. The minimum absolute atomic E-state index is 0.0108. The Balaban J connectivity index is 2.39. The SMILES string of the molecule is COC(=O)C1=C(C(=O)OC)N(c2ccccc2)C(N)=C(C#N)C1c1ccc(Cl)cc1. The van der Waals surface area contributed by atoms with Crippen molar-refractivity contribution in [2.24, 2.45) is 5.73 Å². The van der Waals surface area contributed by atoms with Crippen molar-refractivity contribution in [1.29, 1.82) is 5.26 Å². The number of nitriles is 1. The molecule has 0 radical (unpaired) electrons. The molecule has 2 N–H and O–H groups in total. The number of carbonyl (C=O) groups excluding carboxylic acids is 2. The first kappa shape index (κ1) is 21.0. The maximum atomic E-state index is 12.9. The van der Waals surface area contributed by atoms with Crippen LogP contribution in [0.2, 0.25) is 5.02 Å². The highest BCUT2D eigenvalue weighted by molar-refractivity contribution is 6.30. The molecule has 1 heterocycles. The highest BCUT2D eigenvalue weighted by atomic mass is 35.5. The number of anilines is 1. The number of halogens is 1. The summed E-state index contributed by atoms with van der Waals surface area (Å²) in [5.41, 5.74) is 7.33. The van der Waals surface area contributed by atoms with E-state index in [1.54, 1.807) is 54.6 Å². The first-order chi connectivity index (χ1) is 14.4. The lowest BCUT2D eigenvalue weighted by atomic mass is 9.81. The molecule has 0 fully saturated rings. The summed E-state index contributed by atoms with van der Waals surface area (Å²) in [4.78, 5) is 27.1. The molecule has 3 rings (SSSR count). The van der Waals surface area contributed by atoms with Crippen LogP contribution in [-0.2, 0) is 19.1 Å². The molecule has 7 nitrogen and oxygen atoms in total. The first-order valence-electron chi connectivity index (χ1n) is 8.85. The van der Waals surface area contributed by atoms with Crippen LogP contribution in [0.3, 0.4) is 0 Å². The molecule has 30 heavy (non-hydrogen) atoms. The first-order valence-corrected chi connectivity index (χ1v) is 9.23. The number of methoxy groups -OCH3 is 2. The van der Waals surface area contributed by atoms with E-state index in [9.17, 15) is 14.9 Å². The van der Waals surface area contributed by atoms with Gasteiger partial charge in [-0.3, -0.25) is 4.90 Å². The van der Waals surface area contributed by atoms with Gasteiger partial charge in [0.2, 0.25) is 0 Å². The van der Waals surface area contributed by atoms with E-state index in [-0.39, 0.29) is 22.7 Å². The van der Waals surface area contributed by atoms with Gasteiger partial charge < -0.3 is 15.2 Å². The van der Waals surface area contributed by atoms with Crippen molar-refractivity contribution in [3.63, 3.8) is 0 Å². The molecule has 2 aromatic carbocycles. The van der Waals surface area contributed by atoms with E-state index in [4.69, 9.17) is 26.8 Å². The summed E-state index contributed by atoms with van der Waals surface area (Å²) in [7, 11) is 2.40. The number of rotatable bonds is 4. The van der Waals surface area contributed by atoms with E-state index < -0.39 is 17.9 Å². The van der Waals surface area contributed by atoms with Gasteiger partial charge >= 0.3 is 11.9 Å². The third kappa shape index (κ3) is 3.61. The third-order valence-corrected chi connectivity index (χ3v) is 4.95. The standard InChI is InChI=1S/C22H18ClN3O4/c1-29-21(27)18-17(13-8-10-14(23)11-9-13)16(12-24)20(25)26(19(18)22(28)30-2)15-6-4-3-5-7-15/h3-11,17H,25H2,1-2H3. The van der Waals surface area contributed by atoms with Gasteiger partial charge in [-0.2, -0.15) is 5.26 Å². The predicted molar refractivity (Wildman–Crippen MR) is 111 cm³/mol. The van der Waals surface area contributed by atoms with E-state index in [0.29, 0.717) is 16.3 Å². The second-order valence-electron chi connectivity index (χ2n) is 6.31. The number of para-hydroxylation sites is 1. The minimum Gasteiger partial charge on any atom is -0.466 e. The average molecular weight is 424 g/mol. The zero-order chi connectivity index (χ0) is 21.8. The van der Waals surface area contributed by atoms with Gasteiger partial charge in [0.25, 0.3) is 0 Å². The molecule has 1 aliphatic rings. The zero-order valence-electron chi connectivity index (χ0n) is 16.3. The molecule has 1 aliphatic heterocycles. The van der Waals surface area contributed by atoms with E-state index >= 15 is 0 Å². The Bertz CT molecular complexity index is 1090. The molecule has 1 unspecified atom stereocenters. The van der Waals surface area contributed by atoms with Crippen LogP contribution in [0.1, 0.15) is 11.5 Å². The molecule has 2 aromatic rings. The molecule has 0 saturated carbocycles. The highest BCUT2D eigenvalue weighted by Crippen LogP contribution is 2.43. The van der Waals surface area contributed by atoms with Crippen molar-refractivity contribution in [1.82, 2.24) is 0 Å². The fourth-order valence-electron chi connectivity index (χ4n) is 3.37. The number of ether oxygens (including phenoxy) is 2. The average Bonchev–Trinajstić information content (AvgIpc) is 2.78. The van der Waals surface area contributed by atoms with Gasteiger partial charge in [0.15, 0.2) is 0 Å². The fraction of sp³-hybridized carbons (Fsp3) is 0.136. The van der Waals surface area contributed by atoms with Gasteiger partial charge in [0.05, 0.1) is 37.4 Å². The molecule has 0 aliphatic carbocycles. The number of nitrogens with zero attached hydrogens (tertiary/aromatic N) is 2. The number of benzene rings is 2. The van der Waals surface area contributed by atoms with E-state index in [1.165, 1.54) is 19.1 Å². The Morgan fingerprint density at radius 1 is 1.03 bits per heavy atom. The largest absolute Gasteiger partial charge is 0.466 e. The van der Waals surface area contributed by atoms with Crippen LogP contribution in [0.15, 0.2) is 77.3 Å². The summed E-state index contributed by atoms with van der Waals surface area (Å²) in [5, 5.41) is 10.4. The fourth-order valence-corrected chi connectivity index (χ4v) is 3.49. The van der Waals surface area contributed by atoms with Gasteiger partial charge in [-0.05, 0) is 29.8 Å². The van der Waals surface area contributed by atoms with Gasteiger partial charge in [0, 0.05) is 10.7 Å². The van der Waals surface area contributed by atoms with E-state index in [2.05, 4.69) is 6.07 Å². The summed E-state index contributed by atoms with van der Waals surface area (Å²) in [6.45, 7) is 0. The monoisotopic (exact) mass is 423 g/mol. The summed E-state index contributed by atoms with van der Waals surface area (Å²) in [6, 6.07) is 17.3. The number of carbonyl (C=O) groups is 2. The van der Waals surface area contributed by atoms with Crippen LogP contribution >= 0.6 is 11.6 Å². The third-order valence-electron chi connectivity index (χ3n) is 4.70. The van der Waals surface area contributed by atoms with Crippen molar-refractivity contribution >= 4 is 29.2 Å². The Hall–Kier alpha value is -3.76. The molecule has 0 spiro atoms. The molecule has 0 aromatic heterocycles. The van der Waals surface area contributed by atoms with Gasteiger partial charge in [-0.25, -0.2) is 9.59 Å². The number of hydrogen-bond donors (Lipinski definition) is 1. The molecular formula is C22H18ClN3O4. The Morgan fingerprint density at radius 3 is 2.17 bits per heavy atom. The molecule has 0 amide bonds. The van der Waals surface area contributed by atoms with E-state index in [0.717, 1.165) is 0 Å². The lowest BCUT2D eigenvalue weighted by molar-refractivity contribution is -0.139. The zero-order valence-corrected chi connectivity index (χ0v) is 17.0. The summed E-state index contributed by atoms with van der Waals surface area (Å²) >= 11 is 5.99. The molecular weight excluding hydrogens is 406 g/mol. The van der Waals surface area contributed by atoms with Crippen LogP contribution in [0, 0.1) is 11.3 Å². The quantitative estimate of drug-likeness (QED) is 0.752. The summed E-state index contributed by atoms with van der Waals surface area (Å²) in [5.74, 6) is -2.50. The lowest BCUT2D eigenvalue weighted by Gasteiger charge is -2.35.